The molecule has 0 saturated carbocycles. The van der Waals surface area contributed by atoms with Crippen molar-refractivity contribution in [2.24, 2.45) is 4.99 Å². The number of benzene rings is 1. The van der Waals surface area contributed by atoms with Gasteiger partial charge >= 0.3 is 0 Å². The van der Waals surface area contributed by atoms with E-state index in [9.17, 15) is 4.79 Å². The lowest BCUT2D eigenvalue weighted by Gasteiger charge is -2.03. The van der Waals surface area contributed by atoms with Crippen molar-refractivity contribution in [1.82, 2.24) is 4.57 Å². The van der Waals surface area contributed by atoms with Gasteiger partial charge in [-0.2, -0.15) is 4.99 Å². The second-order valence-corrected chi connectivity index (χ2v) is 6.29. The van der Waals surface area contributed by atoms with Crippen LogP contribution in [0.15, 0.2) is 17.1 Å². The van der Waals surface area contributed by atoms with Crippen LogP contribution >= 0.6 is 34.5 Å². The first-order chi connectivity index (χ1) is 10.1. The molecule has 0 aliphatic heterocycles. The van der Waals surface area contributed by atoms with Gasteiger partial charge in [-0.25, -0.2) is 0 Å². The molecule has 0 unspecified atom stereocenters. The molecule has 1 heterocycles. The summed E-state index contributed by atoms with van der Waals surface area (Å²) in [6.07, 6.45) is 7.64. The number of terminal acetylenes is 1. The van der Waals surface area contributed by atoms with E-state index in [1.807, 2.05) is 13.0 Å². The number of hydrogen-bond donors (Lipinski definition) is 0. The van der Waals surface area contributed by atoms with Crippen molar-refractivity contribution in [1.29, 1.82) is 0 Å². The lowest BCUT2D eigenvalue weighted by molar-refractivity contribution is -0.118. The van der Waals surface area contributed by atoms with E-state index in [0.717, 1.165) is 23.1 Å². The molecule has 0 fully saturated rings. The molecule has 2 rings (SSSR count). The molecule has 0 aliphatic rings. The predicted octanol–water partition coefficient (Wildman–Crippen LogP) is 4.26. The summed E-state index contributed by atoms with van der Waals surface area (Å²) in [5.74, 6) is 2.42. The van der Waals surface area contributed by atoms with Crippen LogP contribution < -0.4 is 4.80 Å². The van der Waals surface area contributed by atoms with Crippen LogP contribution in [0, 0.1) is 12.3 Å². The quantitative estimate of drug-likeness (QED) is 0.765. The molecule has 0 bridgehead atoms. The zero-order valence-electron chi connectivity index (χ0n) is 11.5. The Hall–Kier alpha value is -1.28. The van der Waals surface area contributed by atoms with Crippen molar-refractivity contribution in [3.05, 3.63) is 27.0 Å². The minimum absolute atomic E-state index is 0.142. The molecule has 1 amide bonds. The molecule has 6 heteroatoms. The molecule has 0 radical (unpaired) electrons. The minimum atomic E-state index is -0.142. The molecule has 0 saturated heterocycles. The molecule has 0 N–H and O–H groups in total. The summed E-state index contributed by atoms with van der Waals surface area (Å²) in [5, 5.41) is 0.889. The van der Waals surface area contributed by atoms with Gasteiger partial charge in [-0.1, -0.05) is 53.8 Å². The number of carbonyl (C=O) groups is 1. The molecule has 0 atom stereocenters. The lowest BCUT2D eigenvalue weighted by atomic mass is 10.2. The number of nitrogens with zero attached hydrogens (tertiary/aromatic N) is 2. The van der Waals surface area contributed by atoms with Crippen LogP contribution in [0.25, 0.3) is 10.2 Å². The van der Waals surface area contributed by atoms with Crippen LogP contribution in [-0.2, 0) is 11.3 Å². The van der Waals surface area contributed by atoms with Gasteiger partial charge in [-0.15, -0.1) is 6.42 Å². The average molecular weight is 341 g/mol. The van der Waals surface area contributed by atoms with Crippen LogP contribution in [0.3, 0.4) is 0 Å². The second kappa shape index (κ2) is 7.13. The maximum atomic E-state index is 11.9. The third-order valence-corrected chi connectivity index (χ3v) is 4.79. The fraction of sp³-hybridized carbons (Fsp3) is 0.333. The van der Waals surface area contributed by atoms with Gasteiger partial charge in [0, 0.05) is 6.42 Å². The number of rotatable bonds is 4. The highest BCUT2D eigenvalue weighted by Crippen LogP contribution is 2.31. The summed E-state index contributed by atoms with van der Waals surface area (Å²) < 4.78 is 2.67. The van der Waals surface area contributed by atoms with Crippen LogP contribution in [0.4, 0.5) is 0 Å². The fourth-order valence-electron chi connectivity index (χ4n) is 1.92. The van der Waals surface area contributed by atoms with E-state index in [2.05, 4.69) is 10.9 Å². The third kappa shape index (κ3) is 3.49. The van der Waals surface area contributed by atoms with Gasteiger partial charge < -0.3 is 4.57 Å². The normalized spacial score (nSPS) is 11.8. The summed E-state index contributed by atoms with van der Waals surface area (Å²) in [6.45, 7) is 2.33. The first-order valence-electron chi connectivity index (χ1n) is 6.56. The van der Waals surface area contributed by atoms with Gasteiger partial charge in [-0.3, -0.25) is 4.79 Å². The summed E-state index contributed by atoms with van der Waals surface area (Å²) in [5.41, 5.74) is 0.731. The third-order valence-electron chi connectivity index (χ3n) is 2.95. The predicted molar refractivity (Wildman–Crippen MR) is 88.8 cm³/mol. The van der Waals surface area contributed by atoms with E-state index in [1.165, 1.54) is 11.3 Å². The van der Waals surface area contributed by atoms with Gasteiger partial charge in [0.15, 0.2) is 4.80 Å². The first kappa shape index (κ1) is 16.1. The van der Waals surface area contributed by atoms with E-state index in [-0.39, 0.29) is 5.91 Å². The van der Waals surface area contributed by atoms with Crippen molar-refractivity contribution in [3.8, 4) is 12.3 Å². The molecule has 2 aromatic rings. The second-order valence-electron chi connectivity index (χ2n) is 4.49. The van der Waals surface area contributed by atoms with Crippen LogP contribution in [0.2, 0.25) is 10.0 Å². The Morgan fingerprint density at radius 2 is 2.24 bits per heavy atom. The number of aromatic nitrogens is 1. The number of amides is 1. The standard InChI is InChI=1S/C15H14Cl2N2OS/c1-3-5-6-12(20)18-15-19(9-4-2)14-11(21-15)8-7-10(16)13(14)17/h2,7-8H,3,5-6,9H2,1H3. The van der Waals surface area contributed by atoms with Crippen molar-refractivity contribution in [3.63, 3.8) is 0 Å². The zero-order valence-corrected chi connectivity index (χ0v) is 13.9. The number of hydrogen-bond acceptors (Lipinski definition) is 2. The van der Waals surface area contributed by atoms with Crippen molar-refractivity contribution < 1.29 is 4.79 Å². The summed E-state index contributed by atoms with van der Waals surface area (Å²) >= 11 is 13.7. The Kier molecular flexibility index (Phi) is 5.46. The molecule has 3 nitrogen and oxygen atoms in total. The number of fused-ring (bicyclic) bond motifs is 1. The van der Waals surface area contributed by atoms with Crippen LogP contribution in [0.5, 0.6) is 0 Å². The number of unbranched alkanes of at least 4 members (excludes halogenated alkanes) is 1. The Balaban J connectivity index is 2.61. The molecule has 1 aromatic heterocycles. The summed E-state index contributed by atoms with van der Waals surface area (Å²) in [7, 11) is 0. The number of halogens is 2. The lowest BCUT2D eigenvalue weighted by Crippen LogP contribution is -2.16. The van der Waals surface area contributed by atoms with E-state index >= 15 is 0 Å². The molecule has 0 aliphatic carbocycles. The average Bonchev–Trinajstić information content (AvgIpc) is 2.80. The maximum absolute atomic E-state index is 11.9. The van der Waals surface area contributed by atoms with Crippen LogP contribution in [0.1, 0.15) is 26.2 Å². The zero-order chi connectivity index (χ0) is 15.4. The smallest absolute Gasteiger partial charge is 0.248 e. The topological polar surface area (TPSA) is 34.4 Å². The van der Waals surface area contributed by atoms with Gasteiger partial charge in [0.2, 0.25) is 5.91 Å². The van der Waals surface area contributed by atoms with Gasteiger partial charge in [0.25, 0.3) is 0 Å². The van der Waals surface area contributed by atoms with E-state index in [0.29, 0.717) is 27.8 Å². The molecule has 0 spiro atoms. The summed E-state index contributed by atoms with van der Waals surface area (Å²) in [4.78, 5) is 16.6. The number of thiazole rings is 1. The van der Waals surface area contributed by atoms with Gasteiger partial charge in [-0.05, 0) is 18.6 Å². The monoisotopic (exact) mass is 340 g/mol. The highest BCUT2D eigenvalue weighted by molar-refractivity contribution is 7.16. The maximum Gasteiger partial charge on any atom is 0.248 e. The molecule has 21 heavy (non-hydrogen) atoms. The van der Waals surface area contributed by atoms with E-state index in [4.69, 9.17) is 29.6 Å². The highest BCUT2D eigenvalue weighted by Gasteiger charge is 2.12. The largest absolute Gasteiger partial charge is 0.303 e. The highest BCUT2D eigenvalue weighted by atomic mass is 35.5. The van der Waals surface area contributed by atoms with Crippen molar-refractivity contribution in [2.75, 3.05) is 0 Å². The van der Waals surface area contributed by atoms with Crippen molar-refractivity contribution >= 4 is 50.7 Å². The molecular weight excluding hydrogens is 327 g/mol. The van der Waals surface area contributed by atoms with Crippen LogP contribution in [-0.4, -0.2) is 10.5 Å². The summed E-state index contributed by atoms with van der Waals surface area (Å²) in [6, 6.07) is 3.59. The SMILES string of the molecule is C#CCn1c(=NC(=O)CCCC)sc2ccc(Cl)c(Cl)c21. The van der Waals surface area contributed by atoms with E-state index < -0.39 is 0 Å². The first-order valence-corrected chi connectivity index (χ1v) is 8.14. The Bertz CT molecular complexity index is 783. The van der Waals surface area contributed by atoms with E-state index in [1.54, 1.807) is 10.6 Å². The number of carbonyl (C=O) groups excluding carboxylic acids is 1. The molecule has 110 valence electrons. The minimum Gasteiger partial charge on any atom is -0.303 e. The van der Waals surface area contributed by atoms with Gasteiger partial charge in [0.1, 0.15) is 0 Å². The molecule has 1 aromatic carbocycles. The fourth-order valence-corrected chi connectivity index (χ4v) is 3.45. The Morgan fingerprint density at radius 3 is 2.90 bits per heavy atom. The Morgan fingerprint density at radius 1 is 1.48 bits per heavy atom. The van der Waals surface area contributed by atoms with Gasteiger partial charge in [0.05, 0.1) is 26.8 Å². The molecular formula is C15H14Cl2N2OS. The van der Waals surface area contributed by atoms with Crippen molar-refractivity contribution in [2.45, 2.75) is 32.7 Å². The Labute approximate surface area is 137 Å².